The molecule has 0 aromatic carbocycles. The first-order valence-corrected chi connectivity index (χ1v) is 9.80. The average Bonchev–Trinajstić information content (AvgIpc) is 3.00. The zero-order valence-corrected chi connectivity index (χ0v) is 16.5. The maximum absolute atomic E-state index is 12.6. The van der Waals surface area contributed by atoms with Gasteiger partial charge in [-0.3, -0.25) is 14.4 Å². The fraction of sp³-hybridized carbons (Fsp3) is 0.522. The highest BCUT2D eigenvalue weighted by molar-refractivity contribution is 6.43. The smallest absolute Gasteiger partial charge is 0.190 e. The SMILES string of the molecule is CC(=O)C1=C(c2occ3c2CC[C@H]2C(C)(C)CCC[C@]32C)C(=O)C=CC1=O. The number of rotatable bonds is 2. The van der Waals surface area contributed by atoms with Crippen molar-refractivity contribution >= 4 is 22.9 Å². The minimum Gasteiger partial charge on any atom is -0.464 e. The lowest BCUT2D eigenvalue weighted by Crippen LogP contribution is -2.47. The van der Waals surface area contributed by atoms with E-state index >= 15 is 0 Å². The molecule has 0 bridgehead atoms. The van der Waals surface area contributed by atoms with E-state index in [4.69, 9.17) is 4.42 Å². The normalized spacial score (nSPS) is 29.6. The van der Waals surface area contributed by atoms with Crippen molar-refractivity contribution in [1.82, 2.24) is 0 Å². The highest BCUT2D eigenvalue weighted by atomic mass is 16.3. The standard InChI is InChI=1S/C23H26O4/c1-13(24)19-16(25)7-8-17(26)20(19)21-14-6-9-18-22(2,3)10-5-11-23(18,4)15(14)12-27-21/h7-8,12,18H,5-6,9-11H2,1-4H3/t18-,23+/m0/s1. The molecule has 0 spiro atoms. The molecule has 0 aliphatic heterocycles. The Kier molecular flexibility index (Phi) is 3.95. The van der Waals surface area contributed by atoms with Crippen molar-refractivity contribution in [2.24, 2.45) is 11.3 Å². The predicted molar refractivity (Wildman–Crippen MR) is 102 cm³/mol. The third-order valence-electron chi connectivity index (χ3n) is 7.13. The van der Waals surface area contributed by atoms with Crippen molar-refractivity contribution in [2.45, 2.75) is 65.2 Å². The van der Waals surface area contributed by atoms with Gasteiger partial charge < -0.3 is 4.42 Å². The highest BCUT2D eigenvalue weighted by Crippen LogP contribution is 2.58. The van der Waals surface area contributed by atoms with Crippen LogP contribution in [0.1, 0.15) is 70.3 Å². The van der Waals surface area contributed by atoms with Crippen LogP contribution in [0.3, 0.4) is 0 Å². The lowest BCUT2D eigenvalue weighted by molar-refractivity contribution is -0.119. The average molecular weight is 366 g/mol. The van der Waals surface area contributed by atoms with Gasteiger partial charge in [0.1, 0.15) is 5.76 Å². The molecule has 4 rings (SSSR count). The fourth-order valence-corrected chi connectivity index (χ4v) is 5.90. The van der Waals surface area contributed by atoms with Crippen molar-refractivity contribution in [3.05, 3.63) is 40.9 Å². The molecule has 0 unspecified atom stereocenters. The number of furan rings is 1. The van der Waals surface area contributed by atoms with Crippen molar-refractivity contribution in [2.75, 3.05) is 0 Å². The molecule has 1 fully saturated rings. The van der Waals surface area contributed by atoms with Gasteiger partial charge in [0, 0.05) is 11.1 Å². The van der Waals surface area contributed by atoms with Crippen molar-refractivity contribution in [1.29, 1.82) is 0 Å². The van der Waals surface area contributed by atoms with Crippen LogP contribution in [-0.4, -0.2) is 17.3 Å². The Labute approximate surface area is 159 Å². The van der Waals surface area contributed by atoms with Crippen molar-refractivity contribution < 1.29 is 18.8 Å². The van der Waals surface area contributed by atoms with Gasteiger partial charge in [0.2, 0.25) is 0 Å². The first kappa shape index (κ1) is 18.1. The molecule has 3 aliphatic rings. The lowest BCUT2D eigenvalue weighted by Gasteiger charge is -2.53. The third kappa shape index (κ3) is 2.53. The topological polar surface area (TPSA) is 64.3 Å². The van der Waals surface area contributed by atoms with E-state index in [2.05, 4.69) is 20.8 Å². The van der Waals surface area contributed by atoms with E-state index in [1.54, 1.807) is 6.26 Å². The summed E-state index contributed by atoms with van der Waals surface area (Å²) in [5, 5.41) is 0. The molecule has 2 atom stereocenters. The number of hydrogen-bond acceptors (Lipinski definition) is 4. The highest BCUT2D eigenvalue weighted by Gasteiger charge is 2.51. The van der Waals surface area contributed by atoms with Crippen LogP contribution in [0.5, 0.6) is 0 Å². The molecule has 0 amide bonds. The zero-order chi connectivity index (χ0) is 19.6. The summed E-state index contributed by atoms with van der Waals surface area (Å²) in [5.41, 5.74) is 2.55. The van der Waals surface area contributed by atoms with Crippen LogP contribution in [0.15, 0.2) is 28.4 Å². The zero-order valence-electron chi connectivity index (χ0n) is 16.5. The number of carbonyl (C=O) groups excluding carboxylic acids is 3. The first-order valence-electron chi connectivity index (χ1n) is 9.80. The predicted octanol–water partition coefficient (Wildman–Crippen LogP) is 4.36. The Morgan fingerprint density at radius 1 is 1.11 bits per heavy atom. The van der Waals surface area contributed by atoms with Gasteiger partial charge in [-0.25, -0.2) is 0 Å². The molecule has 1 aromatic heterocycles. The van der Waals surface area contributed by atoms with Crippen LogP contribution in [-0.2, 0) is 26.2 Å². The van der Waals surface area contributed by atoms with E-state index in [9.17, 15) is 14.4 Å². The molecule has 1 heterocycles. The summed E-state index contributed by atoms with van der Waals surface area (Å²) in [4.78, 5) is 37.0. The van der Waals surface area contributed by atoms with Crippen LogP contribution in [0.2, 0.25) is 0 Å². The maximum Gasteiger partial charge on any atom is 0.190 e. The van der Waals surface area contributed by atoms with Crippen molar-refractivity contribution in [3.63, 3.8) is 0 Å². The van der Waals surface area contributed by atoms with Gasteiger partial charge in [-0.2, -0.15) is 0 Å². The number of Topliss-reactive ketones (excluding diaryl/α,β-unsaturated/α-hetero) is 1. The molecule has 1 saturated carbocycles. The number of hydrogen-bond donors (Lipinski definition) is 0. The second kappa shape index (κ2) is 5.88. The maximum atomic E-state index is 12.6. The van der Waals surface area contributed by atoms with E-state index in [0.29, 0.717) is 11.7 Å². The third-order valence-corrected chi connectivity index (χ3v) is 7.13. The molecule has 4 nitrogen and oxygen atoms in total. The quantitative estimate of drug-likeness (QED) is 0.576. The van der Waals surface area contributed by atoms with Gasteiger partial charge in [-0.05, 0) is 61.5 Å². The molecular formula is C23H26O4. The largest absolute Gasteiger partial charge is 0.464 e. The summed E-state index contributed by atoms with van der Waals surface area (Å²) in [7, 11) is 0. The number of ketones is 3. The van der Waals surface area contributed by atoms with Gasteiger partial charge in [0.05, 0.1) is 17.4 Å². The van der Waals surface area contributed by atoms with Gasteiger partial charge in [0.15, 0.2) is 17.3 Å². The van der Waals surface area contributed by atoms with E-state index in [1.165, 1.54) is 31.9 Å². The Hall–Kier alpha value is -2.23. The second-order valence-electron chi connectivity index (χ2n) is 9.18. The Balaban J connectivity index is 1.89. The summed E-state index contributed by atoms with van der Waals surface area (Å²) >= 11 is 0. The van der Waals surface area contributed by atoms with E-state index in [1.807, 2.05) is 0 Å². The monoisotopic (exact) mass is 366 g/mol. The summed E-state index contributed by atoms with van der Waals surface area (Å²) in [5.74, 6) is -0.145. The number of allylic oxidation sites excluding steroid dienone is 4. The molecule has 0 radical (unpaired) electrons. The summed E-state index contributed by atoms with van der Waals surface area (Å²) in [6, 6.07) is 0. The van der Waals surface area contributed by atoms with Crippen LogP contribution in [0.4, 0.5) is 0 Å². The molecule has 142 valence electrons. The van der Waals surface area contributed by atoms with E-state index < -0.39 is 11.6 Å². The molecule has 0 saturated heterocycles. The van der Waals surface area contributed by atoms with Gasteiger partial charge >= 0.3 is 0 Å². The summed E-state index contributed by atoms with van der Waals surface area (Å²) in [6.45, 7) is 8.34. The Morgan fingerprint density at radius 3 is 2.52 bits per heavy atom. The Bertz CT molecular complexity index is 924. The first-order chi connectivity index (χ1) is 12.7. The Morgan fingerprint density at radius 2 is 1.81 bits per heavy atom. The summed E-state index contributed by atoms with van der Waals surface area (Å²) in [6.07, 6.45) is 9.53. The van der Waals surface area contributed by atoms with Crippen molar-refractivity contribution in [3.8, 4) is 0 Å². The molecule has 0 N–H and O–H groups in total. The van der Waals surface area contributed by atoms with E-state index in [0.717, 1.165) is 30.4 Å². The minimum absolute atomic E-state index is 0.00555. The molecule has 1 aromatic rings. The molecule has 4 heteroatoms. The van der Waals surface area contributed by atoms with Crippen LogP contribution < -0.4 is 0 Å². The fourth-order valence-electron chi connectivity index (χ4n) is 5.90. The van der Waals surface area contributed by atoms with Crippen LogP contribution >= 0.6 is 0 Å². The van der Waals surface area contributed by atoms with Crippen LogP contribution in [0.25, 0.3) is 5.57 Å². The molecule has 27 heavy (non-hydrogen) atoms. The number of fused-ring (bicyclic) bond motifs is 3. The second-order valence-corrected chi connectivity index (χ2v) is 9.18. The van der Waals surface area contributed by atoms with E-state index in [-0.39, 0.29) is 27.8 Å². The molecule has 3 aliphatic carbocycles. The van der Waals surface area contributed by atoms with Gasteiger partial charge in [-0.1, -0.05) is 27.2 Å². The lowest BCUT2D eigenvalue weighted by atomic mass is 9.50. The van der Waals surface area contributed by atoms with Gasteiger partial charge in [-0.15, -0.1) is 0 Å². The number of carbonyl (C=O) groups is 3. The minimum atomic E-state index is -0.416. The van der Waals surface area contributed by atoms with Crippen LogP contribution in [0, 0.1) is 11.3 Å². The summed E-state index contributed by atoms with van der Waals surface area (Å²) < 4.78 is 5.92. The molecular weight excluding hydrogens is 340 g/mol. The van der Waals surface area contributed by atoms with Gasteiger partial charge in [0.25, 0.3) is 0 Å².